The number of aromatic nitrogens is 1. The lowest BCUT2D eigenvalue weighted by Crippen LogP contribution is -2.14. The van der Waals surface area contributed by atoms with Gasteiger partial charge in [-0.25, -0.2) is 0 Å². The van der Waals surface area contributed by atoms with Gasteiger partial charge in [-0.3, -0.25) is 4.79 Å². The molecule has 3 rings (SSSR count). The highest BCUT2D eigenvalue weighted by molar-refractivity contribution is 8.00. The number of aromatic amines is 1. The molecule has 2 N–H and O–H groups in total. The van der Waals surface area contributed by atoms with Crippen LogP contribution < -0.4 is 5.32 Å². The van der Waals surface area contributed by atoms with E-state index in [0.29, 0.717) is 5.69 Å². The Morgan fingerprint density at radius 2 is 1.96 bits per heavy atom. The molecule has 0 spiro atoms. The second kappa shape index (κ2) is 6.60. The first kappa shape index (κ1) is 16.4. The molecule has 0 saturated heterocycles. The highest BCUT2D eigenvalue weighted by Crippen LogP contribution is 2.37. The van der Waals surface area contributed by atoms with Gasteiger partial charge in [0.2, 0.25) is 5.91 Å². The first-order valence-electron chi connectivity index (χ1n) is 7.11. The Labute approximate surface area is 140 Å². The van der Waals surface area contributed by atoms with Gasteiger partial charge in [0.05, 0.1) is 6.42 Å². The Hall–Kier alpha value is -2.41. The van der Waals surface area contributed by atoms with Crippen molar-refractivity contribution in [3.05, 3.63) is 60.3 Å². The van der Waals surface area contributed by atoms with Gasteiger partial charge in [0.25, 0.3) is 0 Å². The summed E-state index contributed by atoms with van der Waals surface area (Å²) in [6, 6.07) is 13.3. The minimum atomic E-state index is -4.35. The van der Waals surface area contributed by atoms with Crippen LogP contribution in [0, 0.1) is 0 Å². The van der Waals surface area contributed by atoms with Crippen molar-refractivity contribution >= 4 is 34.3 Å². The van der Waals surface area contributed by atoms with Crippen LogP contribution in [-0.4, -0.2) is 16.4 Å². The summed E-state index contributed by atoms with van der Waals surface area (Å²) in [5, 5.41) is 3.63. The number of benzene rings is 2. The van der Waals surface area contributed by atoms with E-state index in [1.165, 1.54) is 18.2 Å². The number of nitrogens with one attached hydrogen (secondary N) is 2. The quantitative estimate of drug-likeness (QED) is 0.653. The van der Waals surface area contributed by atoms with Gasteiger partial charge >= 0.3 is 5.51 Å². The van der Waals surface area contributed by atoms with Crippen LogP contribution in [0.2, 0.25) is 0 Å². The fourth-order valence-corrected chi connectivity index (χ4v) is 2.97. The van der Waals surface area contributed by atoms with Crippen molar-refractivity contribution in [3.63, 3.8) is 0 Å². The number of hydrogen-bond acceptors (Lipinski definition) is 2. The number of alkyl halides is 3. The molecule has 0 aliphatic carbocycles. The average Bonchev–Trinajstić information content (AvgIpc) is 2.93. The minimum absolute atomic E-state index is 0.0362. The third-order valence-corrected chi connectivity index (χ3v) is 4.05. The Morgan fingerprint density at radius 3 is 2.75 bits per heavy atom. The summed E-state index contributed by atoms with van der Waals surface area (Å²) in [5.74, 6) is -0.279. The van der Waals surface area contributed by atoms with E-state index in [0.717, 1.165) is 16.5 Å². The van der Waals surface area contributed by atoms with Crippen molar-refractivity contribution in [3.8, 4) is 0 Å². The zero-order valence-corrected chi connectivity index (χ0v) is 13.2. The van der Waals surface area contributed by atoms with E-state index >= 15 is 0 Å². The Balaban J connectivity index is 1.67. The molecule has 1 amide bonds. The molecule has 0 fully saturated rings. The van der Waals surface area contributed by atoms with Crippen LogP contribution in [0.5, 0.6) is 0 Å². The molecule has 1 aromatic heterocycles. The Kier molecular flexibility index (Phi) is 4.53. The standard InChI is InChI=1S/C17H13F3N2OS/c18-17(19,20)24-14-3-1-2-13(10-14)22-16(23)9-11-4-5-15-12(8-11)6-7-21-15/h1-8,10,21H,9H2,(H,22,23). The number of H-pyrrole nitrogens is 1. The van der Waals surface area contributed by atoms with Crippen molar-refractivity contribution in [2.24, 2.45) is 0 Å². The van der Waals surface area contributed by atoms with Crippen LogP contribution in [-0.2, 0) is 11.2 Å². The molecule has 0 unspecified atom stereocenters. The smallest absolute Gasteiger partial charge is 0.361 e. The molecule has 2 aromatic carbocycles. The van der Waals surface area contributed by atoms with Gasteiger partial charge in [0.1, 0.15) is 0 Å². The number of thioether (sulfide) groups is 1. The van der Waals surface area contributed by atoms with Gasteiger partial charge in [-0.2, -0.15) is 13.2 Å². The highest BCUT2D eigenvalue weighted by Gasteiger charge is 2.29. The lowest BCUT2D eigenvalue weighted by atomic mass is 10.1. The summed E-state index contributed by atoms with van der Waals surface area (Å²) in [4.78, 5) is 15.2. The summed E-state index contributed by atoms with van der Waals surface area (Å²) in [5.41, 5.74) is -2.19. The number of anilines is 1. The second-order valence-electron chi connectivity index (χ2n) is 5.20. The first-order valence-corrected chi connectivity index (χ1v) is 7.92. The molecule has 1 heterocycles. The summed E-state index contributed by atoms with van der Waals surface area (Å²) in [6.07, 6.45) is 1.97. The molecular formula is C17H13F3N2OS. The summed E-state index contributed by atoms with van der Waals surface area (Å²) >= 11 is -0.206. The summed E-state index contributed by atoms with van der Waals surface area (Å²) in [6.45, 7) is 0. The lowest BCUT2D eigenvalue weighted by Gasteiger charge is -2.09. The molecule has 7 heteroatoms. The zero-order valence-electron chi connectivity index (χ0n) is 12.4. The van der Waals surface area contributed by atoms with Gasteiger partial charge in [0.15, 0.2) is 0 Å². The first-order chi connectivity index (χ1) is 11.4. The predicted octanol–water partition coefficient (Wildman–Crippen LogP) is 4.96. The van der Waals surface area contributed by atoms with E-state index < -0.39 is 5.51 Å². The van der Waals surface area contributed by atoms with Gasteiger partial charge in [-0.15, -0.1) is 0 Å². The lowest BCUT2D eigenvalue weighted by molar-refractivity contribution is -0.115. The number of hydrogen-bond donors (Lipinski definition) is 2. The monoisotopic (exact) mass is 350 g/mol. The topological polar surface area (TPSA) is 44.9 Å². The van der Waals surface area contributed by atoms with Crippen LogP contribution >= 0.6 is 11.8 Å². The number of halogens is 3. The molecule has 0 atom stereocenters. The normalized spacial score (nSPS) is 11.6. The van der Waals surface area contributed by atoms with Crippen molar-refractivity contribution < 1.29 is 18.0 Å². The van der Waals surface area contributed by atoms with E-state index in [-0.39, 0.29) is 29.0 Å². The highest BCUT2D eigenvalue weighted by atomic mass is 32.2. The molecule has 24 heavy (non-hydrogen) atoms. The molecule has 0 radical (unpaired) electrons. The van der Waals surface area contributed by atoms with Gasteiger partial charge in [-0.05, 0) is 59.1 Å². The number of fused-ring (bicyclic) bond motifs is 1. The number of carbonyl (C=O) groups is 1. The van der Waals surface area contributed by atoms with Crippen LogP contribution in [0.15, 0.2) is 59.6 Å². The SMILES string of the molecule is O=C(Cc1ccc2[nH]ccc2c1)Nc1cccc(SC(F)(F)F)c1. The van der Waals surface area contributed by atoms with Crippen molar-refractivity contribution in [1.29, 1.82) is 0 Å². The van der Waals surface area contributed by atoms with Crippen LogP contribution in [0.1, 0.15) is 5.56 Å². The maximum Gasteiger partial charge on any atom is 0.446 e. The van der Waals surface area contributed by atoms with E-state index in [1.54, 1.807) is 6.07 Å². The maximum absolute atomic E-state index is 12.4. The number of carbonyl (C=O) groups excluding carboxylic acids is 1. The summed E-state index contributed by atoms with van der Waals surface area (Å²) in [7, 11) is 0. The van der Waals surface area contributed by atoms with Crippen LogP contribution in [0.25, 0.3) is 10.9 Å². The summed E-state index contributed by atoms with van der Waals surface area (Å²) < 4.78 is 37.2. The van der Waals surface area contributed by atoms with E-state index in [4.69, 9.17) is 0 Å². The third-order valence-electron chi connectivity index (χ3n) is 3.33. The predicted molar refractivity (Wildman–Crippen MR) is 89.0 cm³/mol. The molecular weight excluding hydrogens is 337 g/mol. The van der Waals surface area contributed by atoms with Crippen molar-refractivity contribution in [2.45, 2.75) is 16.8 Å². The van der Waals surface area contributed by atoms with Crippen LogP contribution in [0.4, 0.5) is 18.9 Å². The second-order valence-corrected chi connectivity index (χ2v) is 6.34. The minimum Gasteiger partial charge on any atom is -0.361 e. The largest absolute Gasteiger partial charge is 0.446 e. The molecule has 124 valence electrons. The van der Waals surface area contributed by atoms with E-state index in [9.17, 15) is 18.0 Å². The third kappa shape index (κ3) is 4.32. The van der Waals surface area contributed by atoms with Gasteiger partial charge in [-0.1, -0.05) is 12.1 Å². The Bertz CT molecular complexity index is 873. The zero-order chi connectivity index (χ0) is 17.2. The molecule has 0 saturated carbocycles. The van der Waals surface area contributed by atoms with E-state index in [1.807, 2.05) is 30.5 Å². The van der Waals surface area contributed by atoms with Crippen LogP contribution in [0.3, 0.4) is 0 Å². The molecule has 3 aromatic rings. The van der Waals surface area contributed by atoms with Crippen molar-refractivity contribution in [2.75, 3.05) is 5.32 Å². The Morgan fingerprint density at radius 1 is 1.12 bits per heavy atom. The molecule has 0 bridgehead atoms. The molecule has 0 aliphatic heterocycles. The number of amides is 1. The fourth-order valence-electron chi connectivity index (χ4n) is 2.37. The maximum atomic E-state index is 12.4. The van der Waals surface area contributed by atoms with Crippen molar-refractivity contribution in [1.82, 2.24) is 4.98 Å². The van der Waals surface area contributed by atoms with E-state index in [2.05, 4.69) is 10.3 Å². The molecule has 0 aliphatic rings. The molecule has 3 nitrogen and oxygen atoms in total. The average molecular weight is 350 g/mol. The fraction of sp³-hybridized carbons (Fsp3) is 0.118. The number of rotatable bonds is 4. The van der Waals surface area contributed by atoms with Gasteiger partial charge in [0, 0.05) is 22.3 Å². The van der Waals surface area contributed by atoms with Gasteiger partial charge < -0.3 is 10.3 Å².